The topological polar surface area (TPSA) is 104 Å². The van der Waals surface area contributed by atoms with Crippen molar-refractivity contribution in [2.45, 2.75) is 17.7 Å². The lowest BCUT2D eigenvalue weighted by atomic mass is 10.1. The van der Waals surface area contributed by atoms with E-state index in [0.717, 1.165) is 0 Å². The first-order chi connectivity index (χ1) is 10.9. The van der Waals surface area contributed by atoms with Crippen LogP contribution in [0.5, 0.6) is 0 Å². The highest BCUT2D eigenvalue weighted by molar-refractivity contribution is 7.91. The van der Waals surface area contributed by atoms with Gasteiger partial charge in [-0.15, -0.1) is 0 Å². The number of aliphatic carboxylic acids is 1. The first-order valence-corrected chi connectivity index (χ1v) is 9.09. The number of amides is 2. The predicted molar refractivity (Wildman–Crippen MR) is 83.8 cm³/mol. The van der Waals surface area contributed by atoms with E-state index in [-0.39, 0.29) is 29.8 Å². The van der Waals surface area contributed by atoms with Crippen LogP contribution in [0.25, 0.3) is 0 Å². The molecule has 1 saturated heterocycles. The van der Waals surface area contributed by atoms with Gasteiger partial charge in [0.05, 0.1) is 16.6 Å². The van der Waals surface area contributed by atoms with Gasteiger partial charge >= 0.3 is 12.0 Å². The lowest BCUT2D eigenvalue weighted by molar-refractivity contribution is -0.141. The highest BCUT2D eigenvalue weighted by atomic mass is 32.2. The van der Waals surface area contributed by atoms with Crippen molar-refractivity contribution in [3.05, 3.63) is 30.3 Å². The van der Waals surface area contributed by atoms with E-state index in [4.69, 9.17) is 5.11 Å². The molecular weight excluding hydrogens is 320 g/mol. The monoisotopic (exact) mass is 340 g/mol. The molecular formula is C15H20N2O5S. The van der Waals surface area contributed by atoms with Crippen LogP contribution in [-0.2, 0) is 14.6 Å². The maximum absolute atomic E-state index is 12.1. The molecule has 1 aromatic carbocycles. The third-order valence-corrected chi connectivity index (χ3v) is 5.61. The lowest BCUT2D eigenvalue weighted by Gasteiger charge is -2.16. The van der Waals surface area contributed by atoms with Crippen molar-refractivity contribution in [1.82, 2.24) is 10.2 Å². The minimum Gasteiger partial charge on any atom is -0.481 e. The molecule has 0 bridgehead atoms. The Hall–Kier alpha value is -2.09. The summed E-state index contributed by atoms with van der Waals surface area (Å²) in [6, 6.07) is 7.83. The standard InChI is InChI=1S/C15H20N2O5S/c18-14(19)12-7-9-17(11-12)15(20)16-8-4-10-23(21,22)13-5-2-1-3-6-13/h1-3,5-6,12H,4,7-11H2,(H,16,20)(H,18,19). The summed E-state index contributed by atoms with van der Waals surface area (Å²) >= 11 is 0. The number of hydrogen-bond acceptors (Lipinski definition) is 4. The largest absolute Gasteiger partial charge is 0.481 e. The zero-order chi connectivity index (χ0) is 16.9. The molecule has 1 aliphatic rings. The summed E-state index contributed by atoms with van der Waals surface area (Å²) in [6.07, 6.45) is 0.754. The fraction of sp³-hybridized carbons (Fsp3) is 0.467. The van der Waals surface area contributed by atoms with Crippen molar-refractivity contribution < 1.29 is 23.1 Å². The van der Waals surface area contributed by atoms with Crippen molar-refractivity contribution in [2.24, 2.45) is 5.92 Å². The maximum Gasteiger partial charge on any atom is 0.317 e. The van der Waals surface area contributed by atoms with Crippen LogP contribution in [0.2, 0.25) is 0 Å². The normalized spacial score (nSPS) is 17.9. The number of nitrogens with zero attached hydrogens (tertiary/aromatic N) is 1. The minimum absolute atomic E-state index is 0.0466. The number of carbonyl (C=O) groups is 2. The second-order valence-corrected chi connectivity index (χ2v) is 7.60. The molecule has 2 amide bonds. The summed E-state index contributed by atoms with van der Waals surface area (Å²) in [7, 11) is -3.34. The van der Waals surface area contributed by atoms with Gasteiger partial charge in [0.2, 0.25) is 0 Å². The second-order valence-electron chi connectivity index (χ2n) is 5.49. The van der Waals surface area contributed by atoms with E-state index in [0.29, 0.717) is 19.4 Å². The number of sulfone groups is 1. The van der Waals surface area contributed by atoms with E-state index in [2.05, 4.69) is 5.32 Å². The Bertz CT molecular complexity index is 660. The first kappa shape index (κ1) is 17.3. The van der Waals surface area contributed by atoms with E-state index in [1.54, 1.807) is 30.3 Å². The first-order valence-electron chi connectivity index (χ1n) is 7.43. The van der Waals surface area contributed by atoms with Crippen molar-refractivity contribution in [3.8, 4) is 0 Å². The highest BCUT2D eigenvalue weighted by Crippen LogP contribution is 2.16. The molecule has 1 aromatic rings. The third-order valence-electron chi connectivity index (χ3n) is 3.79. The summed E-state index contributed by atoms with van der Waals surface area (Å²) < 4.78 is 24.1. The number of carboxylic acid groups (broad SMARTS) is 1. The Morgan fingerprint density at radius 3 is 2.57 bits per heavy atom. The molecule has 0 spiro atoms. The van der Waals surface area contributed by atoms with Crippen LogP contribution in [0, 0.1) is 5.92 Å². The summed E-state index contributed by atoms with van der Waals surface area (Å²) in [5.41, 5.74) is 0. The molecule has 2 N–H and O–H groups in total. The molecule has 1 heterocycles. The van der Waals surface area contributed by atoms with Gasteiger partial charge in [0.15, 0.2) is 9.84 Å². The van der Waals surface area contributed by atoms with E-state index in [9.17, 15) is 18.0 Å². The minimum atomic E-state index is -3.34. The van der Waals surface area contributed by atoms with Gasteiger partial charge in [-0.2, -0.15) is 0 Å². The number of carboxylic acids is 1. The fourth-order valence-electron chi connectivity index (χ4n) is 2.46. The molecule has 8 heteroatoms. The number of carbonyl (C=O) groups excluding carboxylic acids is 1. The molecule has 23 heavy (non-hydrogen) atoms. The molecule has 1 atom stereocenters. The molecule has 1 fully saturated rings. The smallest absolute Gasteiger partial charge is 0.317 e. The molecule has 7 nitrogen and oxygen atoms in total. The Labute approximate surface area is 135 Å². The molecule has 1 aliphatic heterocycles. The van der Waals surface area contributed by atoms with Crippen LogP contribution in [0.4, 0.5) is 4.79 Å². The molecule has 1 unspecified atom stereocenters. The Morgan fingerprint density at radius 1 is 1.26 bits per heavy atom. The van der Waals surface area contributed by atoms with Gasteiger partial charge in [0, 0.05) is 19.6 Å². The van der Waals surface area contributed by atoms with Crippen LogP contribution >= 0.6 is 0 Å². The Kier molecular flexibility index (Phi) is 5.59. The van der Waals surface area contributed by atoms with Crippen LogP contribution in [-0.4, -0.2) is 55.8 Å². The zero-order valence-corrected chi connectivity index (χ0v) is 13.5. The van der Waals surface area contributed by atoms with Crippen LogP contribution in [0.15, 0.2) is 35.2 Å². The molecule has 0 aliphatic carbocycles. The number of hydrogen-bond donors (Lipinski definition) is 2. The van der Waals surface area contributed by atoms with E-state index in [1.807, 2.05) is 0 Å². The van der Waals surface area contributed by atoms with Crippen LogP contribution in [0.1, 0.15) is 12.8 Å². The molecule has 126 valence electrons. The molecule has 0 saturated carbocycles. The lowest BCUT2D eigenvalue weighted by Crippen LogP contribution is -2.39. The van der Waals surface area contributed by atoms with E-state index >= 15 is 0 Å². The van der Waals surface area contributed by atoms with Crippen molar-refractivity contribution in [2.75, 3.05) is 25.4 Å². The number of urea groups is 1. The number of benzene rings is 1. The average molecular weight is 340 g/mol. The summed E-state index contributed by atoms with van der Waals surface area (Å²) in [6.45, 7) is 0.841. The molecule has 0 aromatic heterocycles. The summed E-state index contributed by atoms with van der Waals surface area (Å²) in [5.74, 6) is -1.46. The maximum atomic E-state index is 12.1. The SMILES string of the molecule is O=C(O)C1CCN(C(=O)NCCCS(=O)(=O)c2ccccc2)C1. The summed E-state index contributed by atoms with van der Waals surface area (Å²) in [5, 5.41) is 11.5. The van der Waals surface area contributed by atoms with Gasteiger partial charge < -0.3 is 15.3 Å². The number of rotatable bonds is 6. The van der Waals surface area contributed by atoms with E-state index < -0.39 is 21.7 Å². The van der Waals surface area contributed by atoms with E-state index in [1.165, 1.54) is 4.90 Å². The summed E-state index contributed by atoms with van der Waals surface area (Å²) in [4.78, 5) is 24.5. The quantitative estimate of drug-likeness (QED) is 0.751. The average Bonchev–Trinajstić information content (AvgIpc) is 3.02. The van der Waals surface area contributed by atoms with Gasteiger partial charge in [0.1, 0.15) is 0 Å². The predicted octanol–water partition coefficient (Wildman–Crippen LogP) is 0.966. The fourth-order valence-corrected chi connectivity index (χ4v) is 3.79. The van der Waals surface area contributed by atoms with Gasteiger partial charge in [-0.25, -0.2) is 13.2 Å². The number of nitrogens with one attached hydrogen (secondary N) is 1. The van der Waals surface area contributed by atoms with Crippen LogP contribution < -0.4 is 5.32 Å². The van der Waals surface area contributed by atoms with Crippen molar-refractivity contribution in [3.63, 3.8) is 0 Å². The van der Waals surface area contributed by atoms with Gasteiger partial charge in [-0.3, -0.25) is 4.79 Å². The highest BCUT2D eigenvalue weighted by Gasteiger charge is 2.30. The third kappa shape index (κ3) is 4.69. The zero-order valence-electron chi connectivity index (χ0n) is 12.6. The van der Waals surface area contributed by atoms with Gasteiger partial charge in [-0.1, -0.05) is 18.2 Å². The van der Waals surface area contributed by atoms with Gasteiger partial charge in [-0.05, 0) is 25.0 Å². The molecule has 0 radical (unpaired) electrons. The second kappa shape index (κ2) is 7.45. The van der Waals surface area contributed by atoms with Gasteiger partial charge in [0.25, 0.3) is 0 Å². The Balaban J connectivity index is 1.73. The van der Waals surface area contributed by atoms with Crippen LogP contribution in [0.3, 0.4) is 0 Å². The Morgan fingerprint density at radius 2 is 1.96 bits per heavy atom. The van der Waals surface area contributed by atoms with Crippen molar-refractivity contribution in [1.29, 1.82) is 0 Å². The van der Waals surface area contributed by atoms with Crippen molar-refractivity contribution >= 4 is 21.8 Å². The number of likely N-dealkylation sites (tertiary alicyclic amines) is 1. The molecule has 2 rings (SSSR count).